The van der Waals surface area contributed by atoms with Crippen LogP contribution < -0.4 is 5.32 Å². The number of carbonyl (C=O) groups is 1. The Morgan fingerprint density at radius 3 is 2.86 bits per heavy atom. The number of aliphatic hydroxyl groups is 1. The van der Waals surface area contributed by atoms with Gasteiger partial charge in [-0.2, -0.15) is 4.98 Å². The van der Waals surface area contributed by atoms with E-state index in [0.29, 0.717) is 13.2 Å². The van der Waals surface area contributed by atoms with Crippen LogP contribution >= 0.6 is 0 Å². The lowest BCUT2D eigenvalue weighted by Gasteiger charge is -2.35. The van der Waals surface area contributed by atoms with Gasteiger partial charge in [0.25, 0.3) is 6.01 Å². The molecule has 1 saturated carbocycles. The van der Waals surface area contributed by atoms with E-state index in [9.17, 15) is 9.90 Å². The van der Waals surface area contributed by atoms with Gasteiger partial charge in [0.05, 0.1) is 12.2 Å². The Labute approximate surface area is 124 Å². The van der Waals surface area contributed by atoms with Gasteiger partial charge in [0, 0.05) is 6.54 Å². The minimum atomic E-state index is -0.718. The zero-order valence-electron chi connectivity index (χ0n) is 12.7. The van der Waals surface area contributed by atoms with Crippen LogP contribution in [0.25, 0.3) is 0 Å². The normalized spacial score (nSPS) is 25.6. The summed E-state index contributed by atoms with van der Waals surface area (Å²) in [6.45, 7) is 4.61. The maximum absolute atomic E-state index is 11.5. The van der Waals surface area contributed by atoms with Crippen molar-refractivity contribution in [1.82, 2.24) is 4.98 Å². The molecular formula is C15H24N2O4. The summed E-state index contributed by atoms with van der Waals surface area (Å²) in [5, 5.41) is 13.5. The second kappa shape index (κ2) is 6.93. The topological polar surface area (TPSA) is 84.6 Å². The van der Waals surface area contributed by atoms with Crippen molar-refractivity contribution in [2.24, 2.45) is 5.92 Å². The zero-order chi connectivity index (χ0) is 15.3. The van der Waals surface area contributed by atoms with Crippen molar-refractivity contribution in [1.29, 1.82) is 0 Å². The molecular weight excluding hydrogens is 272 g/mol. The van der Waals surface area contributed by atoms with E-state index in [1.54, 1.807) is 6.92 Å². The van der Waals surface area contributed by atoms with Gasteiger partial charge in [-0.3, -0.25) is 0 Å². The lowest BCUT2D eigenvalue weighted by molar-refractivity contribution is 0.00189. The van der Waals surface area contributed by atoms with Crippen LogP contribution in [0.3, 0.4) is 0 Å². The Balaban J connectivity index is 1.84. The van der Waals surface area contributed by atoms with Gasteiger partial charge in [0.1, 0.15) is 6.26 Å². The van der Waals surface area contributed by atoms with Crippen molar-refractivity contribution in [2.45, 2.75) is 51.6 Å². The van der Waals surface area contributed by atoms with Crippen LogP contribution in [0, 0.1) is 5.92 Å². The van der Waals surface area contributed by atoms with Crippen molar-refractivity contribution in [3.8, 4) is 0 Å². The van der Waals surface area contributed by atoms with Crippen LogP contribution in [-0.4, -0.2) is 34.8 Å². The van der Waals surface area contributed by atoms with Gasteiger partial charge >= 0.3 is 5.97 Å². The van der Waals surface area contributed by atoms with Crippen LogP contribution in [0.1, 0.15) is 56.4 Å². The maximum atomic E-state index is 11.5. The van der Waals surface area contributed by atoms with E-state index in [0.717, 1.165) is 31.6 Å². The molecule has 0 amide bonds. The van der Waals surface area contributed by atoms with Gasteiger partial charge < -0.3 is 19.6 Å². The van der Waals surface area contributed by atoms with Crippen molar-refractivity contribution in [3.63, 3.8) is 0 Å². The van der Waals surface area contributed by atoms with E-state index in [-0.39, 0.29) is 11.7 Å². The third kappa shape index (κ3) is 4.20. The zero-order valence-corrected chi connectivity index (χ0v) is 12.7. The molecule has 0 radical (unpaired) electrons. The molecule has 1 aromatic heterocycles. The quantitative estimate of drug-likeness (QED) is 0.785. The summed E-state index contributed by atoms with van der Waals surface area (Å²) in [6.07, 6.45) is 6.10. The highest BCUT2D eigenvalue weighted by Gasteiger charge is 2.32. The highest BCUT2D eigenvalue weighted by atomic mass is 16.5. The largest absolute Gasteiger partial charge is 0.461 e. The monoisotopic (exact) mass is 296 g/mol. The predicted molar refractivity (Wildman–Crippen MR) is 78.1 cm³/mol. The number of ether oxygens (including phenoxy) is 1. The van der Waals surface area contributed by atoms with Gasteiger partial charge in [-0.05, 0) is 38.5 Å². The summed E-state index contributed by atoms with van der Waals surface area (Å²) in [4.78, 5) is 15.5. The molecule has 6 nitrogen and oxygen atoms in total. The first kappa shape index (κ1) is 15.8. The first-order valence-corrected chi connectivity index (χ1v) is 7.65. The van der Waals surface area contributed by atoms with Gasteiger partial charge in [-0.25, -0.2) is 4.79 Å². The van der Waals surface area contributed by atoms with E-state index in [1.165, 1.54) is 12.7 Å². The summed E-state index contributed by atoms with van der Waals surface area (Å²) < 4.78 is 10.0. The second-order valence-electron chi connectivity index (χ2n) is 5.69. The molecule has 0 spiro atoms. The first-order valence-electron chi connectivity index (χ1n) is 7.65. The molecule has 1 aromatic rings. The van der Waals surface area contributed by atoms with Crippen LogP contribution in [-0.2, 0) is 4.74 Å². The second-order valence-corrected chi connectivity index (χ2v) is 5.69. The van der Waals surface area contributed by atoms with Crippen LogP contribution in [0.5, 0.6) is 0 Å². The summed E-state index contributed by atoms with van der Waals surface area (Å²) in [5.74, 6) is 0.221. The van der Waals surface area contributed by atoms with Crippen LogP contribution in [0.15, 0.2) is 10.7 Å². The van der Waals surface area contributed by atoms with Gasteiger partial charge in [-0.1, -0.05) is 13.3 Å². The van der Waals surface area contributed by atoms with Crippen LogP contribution in [0.2, 0.25) is 0 Å². The highest BCUT2D eigenvalue weighted by Crippen LogP contribution is 2.33. The third-order valence-electron chi connectivity index (χ3n) is 4.17. The molecule has 118 valence electrons. The minimum Gasteiger partial charge on any atom is -0.461 e. The lowest BCUT2D eigenvalue weighted by Crippen LogP contribution is -2.40. The van der Waals surface area contributed by atoms with Gasteiger partial charge in [-0.15, -0.1) is 0 Å². The van der Waals surface area contributed by atoms with E-state index < -0.39 is 11.6 Å². The predicted octanol–water partition coefficient (Wildman–Crippen LogP) is 2.59. The number of esters is 1. The molecule has 0 atom stereocenters. The van der Waals surface area contributed by atoms with Crippen molar-refractivity contribution >= 4 is 12.0 Å². The van der Waals surface area contributed by atoms with Crippen LogP contribution in [0.4, 0.5) is 6.01 Å². The summed E-state index contributed by atoms with van der Waals surface area (Å²) in [5.41, 5.74) is -0.578. The van der Waals surface area contributed by atoms with E-state index in [1.807, 2.05) is 0 Å². The lowest BCUT2D eigenvalue weighted by atomic mass is 9.78. The molecule has 21 heavy (non-hydrogen) atoms. The van der Waals surface area contributed by atoms with Crippen molar-refractivity contribution < 1.29 is 19.1 Å². The number of carbonyl (C=O) groups excluding carboxylic acids is 1. The van der Waals surface area contributed by atoms with E-state index >= 15 is 0 Å². The minimum absolute atomic E-state index is 0.140. The maximum Gasteiger partial charge on any atom is 0.360 e. The van der Waals surface area contributed by atoms with E-state index in [4.69, 9.17) is 9.15 Å². The molecule has 0 saturated heterocycles. The molecule has 6 heteroatoms. The standard InChI is InChI=1S/C15H24N2O4/c1-3-11-5-7-15(19,8-6-11)10-16-14-17-12(9-21-14)13(18)20-4-2/h9,11,19H,3-8,10H2,1-2H3,(H,16,17). The molecule has 0 bridgehead atoms. The number of nitrogens with zero attached hydrogens (tertiary/aromatic N) is 1. The molecule has 0 aromatic carbocycles. The Hall–Kier alpha value is -1.56. The highest BCUT2D eigenvalue weighted by molar-refractivity contribution is 5.87. The first-order chi connectivity index (χ1) is 10.1. The Morgan fingerprint density at radius 1 is 1.52 bits per heavy atom. The molecule has 1 aliphatic rings. The average molecular weight is 296 g/mol. The number of anilines is 1. The van der Waals surface area contributed by atoms with Gasteiger partial charge in [0.15, 0.2) is 5.69 Å². The molecule has 1 heterocycles. The van der Waals surface area contributed by atoms with Crippen molar-refractivity contribution in [3.05, 3.63) is 12.0 Å². The molecule has 1 fully saturated rings. The summed E-state index contributed by atoms with van der Waals surface area (Å²) >= 11 is 0. The molecule has 1 aliphatic carbocycles. The molecule has 0 aliphatic heterocycles. The third-order valence-corrected chi connectivity index (χ3v) is 4.17. The molecule has 2 rings (SSSR count). The number of aromatic nitrogens is 1. The Kier molecular flexibility index (Phi) is 5.22. The summed E-state index contributed by atoms with van der Waals surface area (Å²) in [6, 6.07) is 0.240. The van der Waals surface area contributed by atoms with E-state index in [2.05, 4.69) is 17.2 Å². The SMILES string of the molecule is CCOC(=O)c1coc(NCC2(O)CCC(CC)CC2)n1. The number of rotatable bonds is 6. The fraction of sp³-hybridized carbons (Fsp3) is 0.733. The number of nitrogens with one attached hydrogen (secondary N) is 1. The van der Waals surface area contributed by atoms with Crippen molar-refractivity contribution in [2.75, 3.05) is 18.5 Å². The summed E-state index contributed by atoms with van der Waals surface area (Å²) in [7, 11) is 0. The molecule has 2 N–H and O–H groups in total. The Bertz CT molecular complexity index is 464. The van der Waals surface area contributed by atoms with Gasteiger partial charge in [0.2, 0.25) is 0 Å². The molecule has 0 unspecified atom stereocenters. The fourth-order valence-electron chi connectivity index (χ4n) is 2.69. The fourth-order valence-corrected chi connectivity index (χ4v) is 2.69. The average Bonchev–Trinajstić information content (AvgIpc) is 2.96. The Morgan fingerprint density at radius 2 is 2.24 bits per heavy atom. The number of oxazole rings is 1. The number of hydrogen-bond acceptors (Lipinski definition) is 6. The number of hydrogen-bond donors (Lipinski definition) is 2. The smallest absolute Gasteiger partial charge is 0.360 e.